The molecular formula is C23H21NO3. The van der Waals surface area contributed by atoms with Crippen molar-refractivity contribution in [1.82, 2.24) is 0 Å². The van der Waals surface area contributed by atoms with Crippen molar-refractivity contribution in [3.05, 3.63) is 90.0 Å². The van der Waals surface area contributed by atoms with Crippen LogP contribution in [-0.2, 0) is 10.6 Å². The summed E-state index contributed by atoms with van der Waals surface area (Å²) in [6, 6.07) is 25.2. The predicted molar refractivity (Wildman–Crippen MR) is 105 cm³/mol. The second kappa shape index (κ2) is 7.16. The van der Waals surface area contributed by atoms with Crippen LogP contribution in [0.3, 0.4) is 0 Å². The van der Waals surface area contributed by atoms with E-state index in [9.17, 15) is 4.79 Å². The summed E-state index contributed by atoms with van der Waals surface area (Å²) in [5.74, 6) is 0.207. The SMILES string of the molecule is CCCC(=O)Nc1ccc2c(c1)OC(c1ccccc1)(c1ccccc1)O2. The molecule has 0 radical (unpaired) electrons. The van der Waals surface area contributed by atoms with E-state index in [-0.39, 0.29) is 5.91 Å². The molecule has 1 amide bonds. The lowest BCUT2D eigenvalue weighted by molar-refractivity contribution is -0.116. The summed E-state index contributed by atoms with van der Waals surface area (Å²) >= 11 is 0. The first kappa shape index (κ1) is 17.2. The first-order valence-corrected chi connectivity index (χ1v) is 9.14. The highest BCUT2D eigenvalue weighted by molar-refractivity contribution is 5.91. The van der Waals surface area contributed by atoms with Crippen LogP contribution in [0.25, 0.3) is 0 Å². The molecule has 0 saturated heterocycles. The van der Waals surface area contributed by atoms with Gasteiger partial charge in [0.05, 0.1) is 0 Å². The Balaban J connectivity index is 1.71. The summed E-state index contributed by atoms with van der Waals surface area (Å²) in [5.41, 5.74) is 2.51. The van der Waals surface area contributed by atoms with Crippen molar-refractivity contribution >= 4 is 11.6 Å². The topological polar surface area (TPSA) is 47.6 Å². The number of rotatable bonds is 5. The molecule has 0 fully saturated rings. The lowest BCUT2D eigenvalue weighted by Gasteiger charge is -2.28. The van der Waals surface area contributed by atoms with Crippen LogP contribution in [0.15, 0.2) is 78.9 Å². The molecule has 1 aliphatic rings. The minimum atomic E-state index is -1.04. The number of anilines is 1. The summed E-state index contributed by atoms with van der Waals surface area (Å²) in [6.45, 7) is 1.98. The van der Waals surface area contributed by atoms with Gasteiger partial charge in [0.1, 0.15) is 0 Å². The highest BCUT2D eigenvalue weighted by atomic mass is 16.7. The van der Waals surface area contributed by atoms with Gasteiger partial charge in [-0.05, 0) is 18.6 Å². The molecule has 0 bridgehead atoms. The molecule has 136 valence electrons. The van der Waals surface area contributed by atoms with E-state index < -0.39 is 5.79 Å². The molecule has 0 atom stereocenters. The third kappa shape index (κ3) is 3.26. The van der Waals surface area contributed by atoms with Gasteiger partial charge in [0.2, 0.25) is 5.91 Å². The van der Waals surface area contributed by atoms with Crippen molar-refractivity contribution in [2.45, 2.75) is 25.6 Å². The number of carbonyl (C=O) groups excluding carboxylic acids is 1. The summed E-state index contributed by atoms with van der Waals surface area (Å²) in [5, 5.41) is 2.90. The number of hydrogen-bond donors (Lipinski definition) is 1. The van der Waals surface area contributed by atoms with E-state index in [1.165, 1.54) is 0 Å². The zero-order valence-electron chi connectivity index (χ0n) is 15.1. The molecule has 0 unspecified atom stereocenters. The van der Waals surface area contributed by atoms with Gasteiger partial charge in [-0.2, -0.15) is 0 Å². The zero-order chi connectivity index (χ0) is 18.7. The van der Waals surface area contributed by atoms with Crippen LogP contribution in [0.1, 0.15) is 30.9 Å². The second-order valence-electron chi connectivity index (χ2n) is 6.51. The summed E-state index contributed by atoms with van der Waals surface area (Å²) < 4.78 is 12.7. The summed E-state index contributed by atoms with van der Waals surface area (Å²) in [4.78, 5) is 11.9. The van der Waals surface area contributed by atoms with Crippen LogP contribution < -0.4 is 14.8 Å². The number of nitrogens with one attached hydrogen (secondary N) is 1. The molecule has 0 aromatic heterocycles. The van der Waals surface area contributed by atoms with E-state index in [1.54, 1.807) is 0 Å². The smallest absolute Gasteiger partial charge is 0.305 e. The fourth-order valence-electron chi connectivity index (χ4n) is 3.25. The molecule has 4 nitrogen and oxygen atoms in total. The molecule has 1 N–H and O–H groups in total. The Bertz CT molecular complexity index is 899. The van der Waals surface area contributed by atoms with Gasteiger partial charge < -0.3 is 14.8 Å². The van der Waals surface area contributed by atoms with Crippen LogP contribution in [0.4, 0.5) is 5.69 Å². The number of carbonyl (C=O) groups is 1. The van der Waals surface area contributed by atoms with Crippen LogP contribution in [0, 0.1) is 0 Å². The molecule has 4 rings (SSSR count). The fraction of sp³-hybridized carbons (Fsp3) is 0.174. The van der Waals surface area contributed by atoms with Crippen LogP contribution in [0.5, 0.6) is 11.5 Å². The van der Waals surface area contributed by atoms with E-state index in [2.05, 4.69) is 5.32 Å². The lowest BCUT2D eigenvalue weighted by Crippen LogP contribution is -2.36. The third-order valence-electron chi connectivity index (χ3n) is 4.52. The first-order chi connectivity index (χ1) is 13.2. The Morgan fingerprint density at radius 2 is 1.44 bits per heavy atom. The molecule has 0 saturated carbocycles. The van der Waals surface area contributed by atoms with Gasteiger partial charge >= 0.3 is 5.79 Å². The molecular weight excluding hydrogens is 338 g/mol. The maximum Gasteiger partial charge on any atom is 0.305 e. The highest BCUT2D eigenvalue weighted by Gasteiger charge is 2.45. The van der Waals surface area contributed by atoms with Gasteiger partial charge in [0.25, 0.3) is 0 Å². The summed E-state index contributed by atoms with van der Waals surface area (Å²) in [6.07, 6.45) is 1.30. The standard InChI is InChI=1S/C23H21NO3/c1-2-9-22(25)24-19-14-15-20-21(16-19)27-23(26-20,17-10-5-3-6-11-17)18-12-7-4-8-13-18/h3-8,10-16H,2,9H2,1H3,(H,24,25). The van der Waals surface area contributed by atoms with Crippen molar-refractivity contribution in [2.24, 2.45) is 0 Å². The first-order valence-electron chi connectivity index (χ1n) is 9.14. The van der Waals surface area contributed by atoms with Crippen LogP contribution in [0.2, 0.25) is 0 Å². The van der Waals surface area contributed by atoms with Crippen molar-refractivity contribution in [2.75, 3.05) is 5.32 Å². The van der Waals surface area contributed by atoms with E-state index in [0.29, 0.717) is 23.6 Å². The minimum Gasteiger partial charge on any atom is -0.440 e. The van der Waals surface area contributed by atoms with Gasteiger partial charge in [-0.15, -0.1) is 0 Å². The average Bonchev–Trinajstić information content (AvgIpc) is 3.10. The third-order valence-corrected chi connectivity index (χ3v) is 4.52. The van der Waals surface area contributed by atoms with Crippen molar-refractivity contribution < 1.29 is 14.3 Å². The molecule has 4 heteroatoms. The fourth-order valence-corrected chi connectivity index (χ4v) is 3.25. The number of benzene rings is 3. The maximum absolute atomic E-state index is 11.9. The molecule has 0 spiro atoms. The van der Waals surface area contributed by atoms with Crippen LogP contribution in [-0.4, -0.2) is 5.91 Å². The number of fused-ring (bicyclic) bond motifs is 1. The zero-order valence-corrected chi connectivity index (χ0v) is 15.1. The molecule has 1 heterocycles. The molecule has 0 aliphatic carbocycles. The van der Waals surface area contributed by atoms with Gasteiger partial charge in [0.15, 0.2) is 11.5 Å². The highest BCUT2D eigenvalue weighted by Crippen LogP contribution is 2.48. The average molecular weight is 359 g/mol. The summed E-state index contributed by atoms with van der Waals surface area (Å²) in [7, 11) is 0. The minimum absolute atomic E-state index is 0.00579. The molecule has 27 heavy (non-hydrogen) atoms. The van der Waals surface area contributed by atoms with Gasteiger partial charge in [-0.3, -0.25) is 4.79 Å². The Morgan fingerprint density at radius 1 is 0.852 bits per heavy atom. The Hall–Kier alpha value is -3.27. The lowest BCUT2D eigenvalue weighted by atomic mass is 9.97. The molecule has 3 aromatic carbocycles. The van der Waals surface area contributed by atoms with Crippen molar-refractivity contribution in [1.29, 1.82) is 0 Å². The Morgan fingerprint density at radius 3 is 2.04 bits per heavy atom. The molecule has 1 aliphatic heterocycles. The van der Waals surface area contributed by atoms with E-state index in [0.717, 1.165) is 17.5 Å². The van der Waals surface area contributed by atoms with E-state index in [1.807, 2.05) is 85.8 Å². The van der Waals surface area contributed by atoms with E-state index >= 15 is 0 Å². The number of hydrogen-bond acceptors (Lipinski definition) is 3. The normalized spacial score (nSPS) is 14.0. The van der Waals surface area contributed by atoms with Gasteiger partial charge in [0, 0.05) is 29.3 Å². The largest absolute Gasteiger partial charge is 0.440 e. The second-order valence-corrected chi connectivity index (χ2v) is 6.51. The monoisotopic (exact) mass is 359 g/mol. The van der Waals surface area contributed by atoms with Crippen LogP contribution >= 0.6 is 0 Å². The van der Waals surface area contributed by atoms with Crippen molar-refractivity contribution in [3.63, 3.8) is 0 Å². The van der Waals surface area contributed by atoms with Crippen molar-refractivity contribution in [3.8, 4) is 11.5 Å². The van der Waals surface area contributed by atoms with Gasteiger partial charge in [-0.1, -0.05) is 67.6 Å². The quantitative estimate of drug-likeness (QED) is 0.690. The van der Waals surface area contributed by atoms with Gasteiger partial charge in [-0.25, -0.2) is 0 Å². The molecule has 3 aromatic rings. The number of amides is 1. The Labute approximate surface area is 158 Å². The Kier molecular flexibility index (Phi) is 4.55. The maximum atomic E-state index is 11.9. The predicted octanol–water partition coefficient (Wildman–Crippen LogP) is 5.10. The number of ether oxygens (including phenoxy) is 2. The van der Waals surface area contributed by atoms with E-state index in [4.69, 9.17) is 9.47 Å².